The predicted molar refractivity (Wildman–Crippen MR) is 147 cm³/mol. The monoisotopic (exact) mass is 523 g/mol. The van der Waals surface area contributed by atoms with E-state index in [2.05, 4.69) is 33.9 Å². The van der Waals surface area contributed by atoms with E-state index in [1.807, 2.05) is 31.5 Å². The van der Waals surface area contributed by atoms with E-state index in [1.54, 1.807) is 4.31 Å². The van der Waals surface area contributed by atoms with Crippen LogP contribution in [0.15, 0.2) is 41.1 Å². The minimum absolute atomic E-state index is 0.210. The van der Waals surface area contributed by atoms with Gasteiger partial charge in [0.25, 0.3) is 0 Å². The van der Waals surface area contributed by atoms with Crippen molar-refractivity contribution < 1.29 is 12.8 Å². The molecule has 37 heavy (non-hydrogen) atoms. The summed E-state index contributed by atoms with van der Waals surface area (Å²) in [7, 11) is -3.16. The summed E-state index contributed by atoms with van der Waals surface area (Å²) in [5.74, 6) is 2.36. The summed E-state index contributed by atoms with van der Waals surface area (Å²) < 4.78 is 32.5. The molecule has 2 aliphatic heterocycles. The van der Waals surface area contributed by atoms with Gasteiger partial charge in [-0.1, -0.05) is 32.4 Å². The number of aryl methyl sites for hydroxylation is 1. The summed E-state index contributed by atoms with van der Waals surface area (Å²) in [6.07, 6.45) is 12.4. The van der Waals surface area contributed by atoms with Crippen LogP contribution in [-0.4, -0.2) is 59.6 Å². The Hall–Kier alpha value is -2.78. The molecule has 0 unspecified atom stereocenters. The molecule has 9 heteroatoms. The van der Waals surface area contributed by atoms with Gasteiger partial charge in [0.1, 0.15) is 5.52 Å². The van der Waals surface area contributed by atoms with Gasteiger partial charge in [0.2, 0.25) is 16.0 Å². The summed E-state index contributed by atoms with van der Waals surface area (Å²) in [5, 5.41) is 0. The molecule has 2 aromatic heterocycles. The van der Waals surface area contributed by atoms with E-state index < -0.39 is 10.0 Å². The number of hydrogen-bond donors (Lipinski definition) is 0. The molecule has 0 atom stereocenters. The molecule has 0 radical (unpaired) electrons. The van der Waals surface area contributed by atoms with Crippen molar-refractivity contribution in [2.45, 2.75) is 58.8 Å². The van der Waals surface area contributed by atoms with Crippen molar-refractivity contribution in [1.29, 1.82) is 0 Å². The summed E-state index contributed by atoms with van der Waals surface area (Å²) in [6, 6.07) is 6.14. The maximum atomic E-state index is 12.4. The molecule has 3 aromatic rings. The molecule has 0 N–H and O–H groups in total. The van der Waals surface area contributed by atoms with Crippen LogP contribution >= 0.6 is 0 Å². The Balaban J connectivity index is 1.19. The highest BCUT2D eigenvalue weighted by Crippen LogP contribution is 2.29. The molecule has 5 rings (SSSR count). The Morgan fingerprint density at radius 1 is 1.05 bits per heavy atom. The maximum Gasteiger partial charge on any atom is 0.225 e. The number of fused-ring (bicyclic) bond motifs is 1. The number of oxazole rings is 1. The van der Waals surface area contributed by atoms with Crippen LogP contribution < -0.4 is 4.90 Å². The van der Waals surface area contributed by atoms with Crippen LogP contribution in [0.4, 0.5) is 5.95 Å². The van der Waals surface area contributed by atoms with Crippen LogP contribution in [0.25, 0.3) is 16.7 Å². The molecule has 0 aliphatic carbocycles. The molecule has 1 fully saturated rings. The Morgan fingerprint density at radius 3 is 2.51 bits per heavy atom. The van der Waals surface area contributed by atoms with E-state index in [9.17, 15) is 8.42 Å². The largest absolute Gasteiger partial charge is 0.441 e. The number of benzene rings is 1. The number of aromatic nitrogens is 3. The summed E-state index contributed by atoms with van der Waals surface area (Å²) in [5.41, 5.74) is 5.12. The smallest absolute Gasteiger partial charge is 0.225 e. The first-order valence-electron chi connectivity index (χ1n) is 13.6. The lowest BCUT2D eigenvalue weighted by atomic mass is 9.94. The van der Waals surface area contributed by atoms with Gasteiger partial charge in [-0.25, -0.2) is 23.4 Å². The molecule has 0 amide bonds. The second-order valence-electron chi connectivity index (χ2n) is 10.2. The predicted octanol–water partition coefficient (Wildman–Crippen LogP) is 4.86. The second-order valence-corrected chi connectivity index (χ2v) is 12.3. The minimum atomic E-state index is -3.16. The highest BCUT2D eigenvalue weighted by atomic mass is 32.2. The molecule has 8 nitrogen and oxygen atoms in total. The molecule has 1 saturated heterocycles. The van der Waals surface area contributed by atoms with Gasteiger partial charge in [-0.3, -0.25) is 0 Å². The minimum Gasteiger partial charge on any atom is -0.441 e. The lowest BCUT2D eigenvalue weighted by molar-refractivity contribution is 0.367. The number of anilines is 1. The number of rotatable bonds is 9. The highest BCUT2D eigenvalue weighted by Gasteiger charge is 2.25. The standard InChI is InChI=1S/C28H37N5O3S/c1-3-5-22-19-29-28(30-20-22)32-12-8-21(9-13-32)17-27-31-25-7-6-24(18-26(25)36-27)23-10-14-33(15-11-23)37(34,35)16-4-2/h6-7,10,18-21H,3-5,8-9,11-17H2,1-2H3. The molecule has 0 saturated carbocycles. The van der Waals surface area contributed by atoms with Gasteiger partial charge >= 0.3 is 0 Å². The van der Waals surface area contributed by atoms with E-state index in [0.717, 1.165) is 73.7 Å². The third-order valence-electron chi connectivity index (χ3n) is 7.42. The van der Waals surface area contributed by atoms with Crippen LogP contribution in [0.1, 0.15) is 63.0 Å². The summed E-state index contributed by atoms with van der Waals surface area (Å²) in [6.45, 7) is 6.92. The van der Waals surface area contributed by atoms with Crippen LogP contribution in [0, 0.1) is 5.92 Å². The van der Waals surface area contributed by atoms with Gasteiger partial charge in [-0.15, -0.1) is 0 Å². The quantitative estimate of drug-likeness (QED) is 0.395. The first-order chi connectivity index (χ1) is 17.9. The molecule has 198 valence electrons. The molecule has 1 aromatic carbocycles. The van der Waals surface area contributed by atoms with Crippen LogP contribution in [0.3, 0.4) is 0 Å². The number of nitrogens with zero attached hydrogens (tertiary/aromatic N) is 5. The maximum absolute atomic E-state index is 12.4. The Labute approximate surface area is 219 Å². The fourth-order valence-corrected chi connectivity index (χ4v) is 6.77. The number of sulfonamides is 1. The third kappa shape index (κ3) is 6.04. The van der Waals surface area contributed by atoms with Crippen molar-refractivity contribution in [2.24, 2.45) is 5.92 Å². The average Bonchev–Trinajstić information content (AvgIpc) is 3.31. The second kappa shape index (κ2) is 11.3. The van der Waals surface area contributed by atoms with Gasteiger partial charge in [-0.05, 0) is 66.9 Å². The first-order valence-corrected chi connectivity index (χ1v) is 15.2. The summed E-state index contributed by atoms with van der Waals surface area (Å²) in [4.78, 5) is 16.2. The van der Waals surface area contributed by atoms with Crippen LogP contribution in [0.2, 0.25) is 0 Å². The Kier molecular flexibility index (Phi) is 7.90. The molecule has 0 bridgehead atoms. The number of piperidine rings is 1. The zero-order chi connectivity index (χ0) is 25.8. The topological polar surface area (TPSA) is 92.4 Å². The molecular formula is C28H37N5O3S. The van der Waals surface area contributed by atoms with E-state index in [4.69, 9.17) is 9.40 Å². The van der Waals surface area contributed by atoms with Gasteiger partial charge in [0, 0.05) is 45.0 Å². The fraction of sp³-hybridized carbons (Fsp3) is 0.536. The van der Waals surface area contributed by atoms with Gasteiger partial charge in [0.05, 0.1) is 5.75 Å². The fourth-order valence-electron chi connectivity index (χ4n) is 5.32. The van der Waals surface area contributed by atoms with E-state index in [0.29, 0.717) is 31.8 Å². The average molecular weight is 524 g/mol. The van der Waals surface area contributed by atoms with Gasteiger partial charge in [0.15, 0.2) is 11.5 Å². The van der Waals surface area contributed by atoms with Crippen LogP contribution in [-0.2, 0) is 22.9 Å². The lowest BCUT2D eigenvalue weighted by Gasteiger charge is -2.31. The number of hydrogen-bond acceptors (Lipinski definition) is 7. The molecule has 0 spiro atoms. The van der Waals surface area contributed by atoms with Crippen molar-refractivity contribution in [3.8, 4) is 0 Å². The zero-order valence-corrected chi connectivity index (χ0v) is 22.7. The molecule has 4 heterocycles. The van der Waals surface area contributed by atoms with Gasteiger partial charge < -0.3 is 9.32 Å². The van der Waals surface area contributed by atoms with Crippen LogP contribution in [0.5, 0.6) is 0 Å². The lowest BCUT2D eigenvalue weighted by Crippen LogP contribution is -2.36. The van der Waals surface area contributed by atoms with E-state index in [-0.39, 0.29) is 5.75 Å². The van der Waals surface area contributed by atoms with Crippen molar-refractivity contribution in [3.05, 3.63) is 53.7 Å². The first kappa shape index (κ1) is 25.9. The third-order valence-corrected chi connectivity index (χ3v) is 9.46. The zero-order valence-electron chi connectivity index (χ0n) is 21.9. The van der Waals surface area contributed by atoms with Gasteiger partial charge in [-0.2, -0.15) is 4.31 Å². The SMILES string of the molecule is CCCc1cnc(N2CCC(Cc3nc4ccc(C5=CCN(S(=O)(=O)CCC)CC5)cc4o3)CC2)nc1. The Morgan fingerprint density at radius 2 is 1.84 bits per heavy atom. The van der Waals surface area contributed by atoms with Crippen molar-refractivity contribution in [2.75, 3.05) is 36.8 Å². The highest BCUT2D eigenvalue weighted by molar-refractivity contribution is 7.89. The van der Waals surface area contributed by atoms with E-state index >= 15 is 0 Å². The van der Waals surface area contributed by atoms with Crippen molar-refractivity contribution in [3.63, 3.8) is 0 Å². The normalized spacial score (nSPS) is 17.9. The summed E-state index contributed by atoms with van der Waals surface area (Å²) >= 11 is 0. The molecular weight excluding hydrogens is 486 g/mol. The van der Waals surface area contributed by atoms with Crippen molar-refractivity contribution in [1.82, 2.24) is 19.3 Å². The Bertz CT molecular complexity index is 1340. The van der Waals surface area contributed by atoms with E-state index in [1.165, 1.54) is 11.1 Å². The van der Waals surface area contributed by atoms with Crippen molar-refractivity contribution >= 4 is 32.6 Å². The molecule has 2 aliphatic rings.